The number of ketones is 2. The number of benzene rings is 2. The van der Waals surface area contributed by atoms with Crippen LogP contribution in [0.1, 0.15) is 46.9 Å². The first kappa shape index (κ1) is 17.5. The number of fused-ring (bicyclic) bond motifs is 2. The molecule has 4 nitrogen and oxygen atoms in total. The van der Waals surface area contributed by atoms with Crippen LogP contribution in [0.25, 0.3) is 0 Å². The van der Waals surface area contributed by atoms with Crippen molar-refractivity contribution in [1.82, 2.24) is 0 Å². The largest absolute Gasteiger partial charge is 0.374 e. The summed E-state index contributed by atoms with van der Waals surface area (Å²) in [7, 11) is 4.20. The summed E-state index contributed by atoms with van der Waals surface area (Å²) in [6, 6.07) is 12.3. The number of carbonyl (C=O) groups excluding carboxylic acids is 2. The SMILES string of the molecule is CN1CCCc2cc(C3C(=O)C(c4ccc5c(c4)CCCN5C)C3=O)ccc21. The minimum atomic E-state index is -0.582. The lowest BCUT2D eigenvalue weighted by molar-refractivity contribution is -0.142. The second kappa shape index (κ2) is 6.47. The summed E-state index contributed by atoms with van der Waals surface area (Å²) in [6.07, 6.45) is 4.27. The van der Waals surface area contributed by atoms with Gasteiger partial charge in [0.1, 0.15) is 11.8 Å². The molecular weight excluding hydrogens is 348 g/mol. The highest BCUT2D eigenvalue weighted by Gasteiger charge is 2.50. The van der Waals surface area contributed by atoms with E-state index in [2.05, 4.69) is 48.2 Å². The molecule has 0 N–H and O–H groups in total. The average molecular weight is 374 g/mol. The van der Waals surface area contributed by atoms with E-state index in [9.17, 15) is 9.59 Å². The number of rotatable bonds is 2. The monoisotopic (exact) mass is 374 g/mol. The molecule has 2 aromatic rings. The Bertz CT molecular complexity index is 889. The Hall–Kier alpha value is -2.62. The van der Waals surface area contributed by atoms with Gasteiger partial charge in [0, 0.05) is 38.6 Å². The van der Waals surface area contributed by atoms with Gasteiger partial charge in [-0.05, 0) is 60.1 Å². The number of hydrogen-bond donors (Lipinski definition) is 0. The quantitative estimate of drug-likeness (QED) is 0.755. The number of anilines is 2. The molecule has 0 saturated heterocycles. The molecule has 0 radical (unpaired) electrons. The molecule has 5 rings (SSSR count). The number of hydrogen-bond acceptors (Lipinski definition) is 4. The normalized spacial score (nSPS) is 23.9. The molecule has 1 aliphatic carbocycles. The second-order valence-corrected chi connectivity index (χ2v) is 8.50. The van der Waals surface area contributed by atoms with Crippen LogP contribution in [-0.4, -0.2) is 38.8 Å². The summed E-state index contributed by atoms with van der Waals surface area (Å²) in [5.74, 6) is -1.06. The molecule has 0 unspecified atom stereocenters. The van der Waals surface area contributed by atoms with Crippen molar-refractivity contribution in [3.63, 3.8) is 0 Å². The number of Topliss-reactive ketones (excluding diaryl/α,β-unsaturated/α-hetero) is 2. The van der Waals surface area contributed by atoms with E-state index in [4.69, 9.17) is 0 Å². The molecular formula is C24H26N2O2. The van der Waals surface area contributed by atoms with Crippen molar-refractivity contribution in [2.75, 3.05) is 37.0 Å². The van der Waals surface area contributed by atoms with Crippen molar-refractivity contribution in [3.8, 4) is 0 Å². The van der Waals surface area contributed by atoms with E-state index in [0.717, 1.165) is 49.9 Å². The lowest BCUT2D eigenvalue weighted by Crippen LogP contribution is -2.44. The molecule has 2 heterocycles. The van der Waals surface area contributed by atoms with Crippen LogP contribution in [0.4, 0.5) is 11.4 Å². The first-order chi connectivity index (χ1) is 13.5. The maximum atomic E-state index is 13.0. The van der Waals surface area contributed by atoms with Crippen LogP contribution < -0.4 is 9.80 Å². The highest BCUT2D eigenvalue weighted by Crippen LogP contribution is 2.43. The highest BCUT2D eigenvalue weighted by atomic mass is 16.2. The summed E-state index contributed by atoms with van der Waals surface area (Å²) in [5, 5.41) is 0. The van der Waals surface area contributed by atoms with Crippen LogP contribution in [0.2, 0.25) is 0 Å². The summed E-state index contributed by atoms with van der Waals surface area (Å²) in [4.78, 5) is 30.5. The van der Waals surface area contributed by atoms with E-state index >= 15 is 0 Å². The van der Waals surface area contributed by atoms with Gasteiger partial charge >= 0.3 is 0 Å². The lowest BCUT2D eigenvalue weighted by atomic mass is 9.65. The van der Waals surface area contributed by atoms with Gasteiger partial charge in [0.15, 0.2) is 11.6 Å². The van der Waals surface area contributed by atoms with E-state index in [1.807, 2.05) is 12.1 Å². The van der Waals surface area contributed by atoms with Gasteiger partial charge in [0.2, 0.25) is 0 Å². The number of aryl methyl sites for hydroxylation is 2. The third-order valence-electron chi connectivity index (χ3n) is 6.71. The third-order valence-corrected chi connectivity index (χ3v) is 6.71. The fourth-order valence-electron chi connectivity index (χ4n) is 5.14. The van der Waals surface area contributed by atoms with Crippen molar-refractivity contribution in [2.24, 2.45) is 0 Å². The lowest BCUT2D eigenvalue weighted by Gasteiger charge is -2.35. The average Bonchev–Trinajstić information content (AvgIpc) is 2.68. The van der Waals surface area contributed by atoms with Crippen LogP contribution in [0.5, 0.6) is 0 Å². The molecule has 28 heavy (non-hydrogen) atoms. The Labute approximate surface area is 166 Å². The first-order valence-electron chi connectivity index (χ1n) is 10.3. The zero-order valence-electron chi connectivity index (χ0n) is 16.6. The van der Waals surface area contributed by atoms with Gasteiger partial charge in [0.05, 0.1) is 0 Å². The van der Waals surface area contributed by atoms with Gasteiger partial charge < -0.3 is 9.80 Å². The zero-order chi connectivity index (χ0) is 19.4. The number of nitrogens with zero attached hydrogens (tertiary/aromatic N) is 2. The minimum absolute atomic E-state index is 0.0539. The minimum Gasteiger partial charge on any atom is -0.374 e. The highest BCUT2D eigenvalue weighted by molar-refractivity contribution is 6.31. The Balaban J connectivity index is 1.42. The molecule has 0 bridgehead atoms. The second-order valence-electron chi connectivity index (χ2n) is 8.50. The molecule has 144 valence electrons. The summed E-state index contributed by atoms with van der Waals surface area (Å²) < 4.78 is 0. The van der Waals surface area contributed by atoms with Gasteiger partial charge in [-0.15, -0.1) is 0 Å². The Morgan fingerprint density at radius 1 is 0.714 bits per heavy atom. The van der Waals surface area contributed by atoms with Gasteiger partial charge in [-0.25, -0.2) is 0 Å². The van der Waals surface area contributed by atoms with Crippen LogP contribution in [-0.2, 0) is 22.4 Å². The maximum absolute atomic E-state index is 13.0. The van der Waals surface area contributed by atoms with E-state index in [1.54, 1.807) is 0 Å². The van der Waals surface area contributed by atoms with Gasteiger partial charge in [0.25, 0.3) is 0 Å². The third kappa shape index (κ3) is 2.58. The molecule has 0 spiro atoms. The topological polar surface area (TPSA) is 40.6 Å². The first-order valence-corrected chi connectivity index (χ1v) is 10.3. The molecule has 4 heteroatoms. The summed E-state index contributed by atoms with van der Waals surface area (Å²) in [6.45, 7) is 2.12. The van der Waals surface area contributed by atoms with E-state index in [1.165, 1.54) is 22.5 Å². The molecule has 1 fully saturated rings. The Morgan fingerprint density at radius 2 is 1.14 bits per heavy atom. The maximum Gasteiger partial charge on any atom is 0.162 e. The van der Waals surface area contributed by atoms with Crippen molar-refractivity contribution < 1.29 is 9.59 Å². The van der Waals surface area contributed by atoms with Crippen molar-refractivity contribution >= 4 is 22.9 Å². The predicted octanol–water partition coefficient (Wildman–Crippen LogP) is 3.47. The van der Waals surface area contributed by atoms with Gasteiger partial charge in [-0.3, -0.25) is 9.59 Å². The fraction of sp³-hybridized carbons (Fsp3) is 0.417. The van der Waals surface area contributed by atoms with Crippen molar-refractivity contribution in [3.05, 3.63) is 58.7 Å². The molecule has 0 atom stereocenters. The van der Waals surface area contributed by atoms with Gasteiger partial charge in [-0.2, -0.15) is 0 Å². The van der Waals surface area contributed by atoms with Gasteiger partial charge in [-0.1, -0.05) is 24.3 Å². The molecule has 1 saturated carbocycles. The van der Waals surface area contributed by atoms with Crippen LogP contribution in [0.15, 0.2) is 36.4 Å². The fourth-order valence-corrected chi connectivity index (χ4v) is 5.14. The van der Waals surface area contributed by atoms with Crippen LogP contribution >= 0.6 is 0 Å². The molecule has 2 aliphatic heterocycles. The van der Waals surface area contributed by atoms with Crippen LogP contribution in [0, 0.1) is 0 Å². The van der Waals surface area contributed by atoms with Crippen molar-refractivity contribution in [2.45, 2.75) is 37.5 Å². The summed E-state index contributed by atoms with van der Waals surface area (Å²) in [5.41, 5.74) is 6.71. The molecule has 0 aromatic heterocycles. The zero-order valence-corrected chi connectivity index (χ0v) is 16.6. The van der Waals surface area contributed by atoms with E-state index in [-0.39, 0.29) is 11.6 Å². The Kier molecular flexibility index (Phi) is 4.04. The predicted molar refractivity (Wildman–Crippen MR) is 112 cm³/mol. The smallest absolute Gasteiger partial charge is 0.162 e. The van der Waals surface area contributed by atoms with E-state index in [0.29, 0.717) is 0 Å². The van der Waals surface area contributed by atoms with Crippen LogP contribution in [0.3, 0.4) is 0 Å². The van der Waals surface area contributed by atoms with Crippen molar-refractivity contribution in [1.29, 1.82) is 0 Å². The molecule has 0 amide bonds. The Morgan fingerprint density at radius 3 is 1.57 bits per heavy atom. The standard InChI is InChI=1S/C24H26N2O2/c1-25-11-3-5-15-13-17(7-9-19(15)25)21-23(27)22(24(21)28)18-8-10-20-16(14-18)6-4-12-26(20)2/h7-10,13-14,21-22H,3-6,11-12H2,1-2H3. The summed E-state index contributed by atoms with van der Waals surface area (Å²) >= 11 is 0. The molecule has 2 aromatic carbocycles. The number of carbonyl (C=O) groups is 2. The molecule has 3 aliphatic rings. The van der Waals surface area contributed by atoms with E-state index < -0.39 is 11.8 Å².